The number of thioether (sulfide) groups is 2. The van der Waals surface area contributed by atoms with Gasteiger partial charge in [-0.2, -0.15) is 0 Å². The maximum atomic E-state index is 13.2. The molecule has 0 aliphatic carbocycles. The number of hydrogen-bond acceptors (Lipinski definition) is 10. The fourth-order valence-electron chi connectivity index (χ4n) is 6.65. The number of fused-ring (bicyclic) bond motifs is 6. The summed E-state index contributed by atoms with van der Waals surface area (Å²) in [7, 11) is 0. The van der Waals surface area contributed by atoms with Crippen LogP contribution in [0, 0.1) is 20.8 Å². The molecule has 52 heavy (non-hydrogen) atoms. The van der Waals surface area contributed by atoms with Crippen molar-refractivity contribution >= 4 is 35.2 Å². The fourth-order valence-corrected chi connectivity index (χ4v) is 8.45. The molecule has 288 valence electrons. The molecule has 0 saturated carbocycles. The lowest BCUT2D eigenvalue weighted by Gasteiger charge is -2.13. The van der Waals surface area contributed by atoms with Crippen LogP contribution < -0.4 is 21.9 Å². The summed E-state index contributed by atoms with van der Waals surface area (Å²) >= 11 is 3.51. The predicted molar refractivity (Wildman–Crippen MR) is 219 cm³/mol. The monoisotopic (exact) mass is 752 g/mol. The molecule has 0 aromatic carbocycles. The molecule has 3 aromatic heterocycles. The second-order valence-electron chi connectivity index (χ2n) is 14.3. The van der Waals surface area contributed by atoms with E-state index in [0.717, 1.165) is 121 Å². The summed E-state index contributed by atoms with van der Waals surface area (Å²) in [5, 5.41) is 8.75. The highest BCUT2D eigenvalue weighted by molar-refractivity contribution is 7.99. The minimum absolute atomic E-state index is 0.137. The van der Waals surface area contributed by atoms with E-state index in [4.69, 9.17) is 9.97 Å². The molecule has 6 bridgehead atoms. The fraction of sp³-hybridized carbons (Fsp3) is 0.700. The molecule has 3 aromatic rings. The lowest BCUT2D eigenvalue weighted by atomic mass is 10.1. The van der Waals surface area contributed by atoms with Crippen molar-refractivity contribution in [3.05, 3.63) is 56.1 Å². The van der Waals surface area contributed by atoms with Crippen molar-refractivity contribution in [1.29, 1.82) is 0 Å². The van der Waals surface area contributed by atoms with Crippen LogP contribution >= 0.6 is 23.5 Å². The number of hydrogen-bond donors (Lipinski definition) is 2. The molecular weight excluding hydrogens is 689 g/mol. The highest BCUT2D eigenvalue weighted by atomic mass is 32.2. The summed E-state index contributed by atoms with van der Waals surface area (Å²) in [6.07, 6.45) is 21.8. The molecule has 0 atom stereocenters. The van der Waals surface area contributed by atoms with Gasteiger partial charge in [0.1, 0.15) is 11.6 Å². The van der Waals surface area contributed by atoms with Gasteiger partial charge in [-0.25, -0.2) is 24.7 Å². The molecule has 2 N–H and O–H groups in total. The van der Waals surface area contributed by atoms with E-state index in [0.29, 0.717) is 13.1 Å². The first kappa shape index (κ1) is 41.9. The van der Waals surface area contributed by atoms with E-state index in [1.54, 1.807) is 29.6 Å². The molecule has 0 spiro atoms. The smallest absolute Gasteiger partial charge is 0.331 e. The third-order valence-electron chi connectivity index (χ3n) is 9.63. The number of anilines is 2. The van der Waals surface area contributed by atoms with Crippen LogP contribution in [0.1, 0.15) is 139 Å². The van der Waals surface area contributed by atoms with Gasteiger partial charge in [-0.05, 0) is 65.7 Å². The summed E-state index contributed by atoms with van der Waals surface area (Å²) in [6.45, 7) is 8.98. The van der Waals surface area contributed by atoms with Crippen molar-refractivity contribution < 1.29 is 0 Å². The summed E-state index contributed by atoms with van der Waals surface area (Å²) < 4.78 is 3.27. The highest BCUT2D eigenvalue weighted by Crippen LogP contribution is 2.21. The van der Waals surface area contributed by atoms with Gasteiger partial charge in [-0.15, -0.1) is 0 Å². The zero-order chi connectivity index (χ0) is 36.8. The molecule has 1 aliphatic rings. The Hall–Kier alpha value is -2.86. The van der Waals surface area contributed by atoms with Gasteiger partial charge in [-0.1, -0.05) is 101 Å². The molecule has 4 rings (SSSR count). The van der Waals surface area contributed by atoms with Gasteiger partial charge in [0.25, 0.3) is 5.56 Å². The van der Waals surface area contributed by atoms with Crippen LogP contribution in [-0.2, 0) is 13.1 Å². The van der Waals surface area contributed by atoms with Gasteiger partial charge >= 0.3 is 5.69 Å². The standard InChI is InChI=1S/C40H64N8O2S2/c1-32-29-35-41-23-17-16-18-24-42-36-30-33(2)44-39(46-36)52-28-22-15-11-7-5-9-13-20-26-48-37(49)31-34(3)47(40(48)50)25-19-12-8-4-6-10-14-21-27-51-38(43-32)45-35/h29-31H,4-28H2,1-3H3,(H,41,43,45)(H,42,44,46). The molecule has 0 saturated heterocycles. The minimum Gasteiger partial charge on any atom is -0.370 e. The summed E-state index contributed by atoms with van der Waals surface area (Å²) in [5.41, 5.74) is 2.48. The first-order valence-corrected chi connectivity index (χ1v) is 22.1. The summed E-state index contributed by atoms with van der Waals surface area (Å²) in [5.74, 6) is 3.91. The van der Waals surface area contributed by atoms with Crippen LogP contribution in [0.2, 0.25) is 0 Å². The van der Waals surface area contributed by atoms with Gasteiger partial charge in [0.15, 0.2) is 10.3 Å². The Kier molecular flexibility index (Phi) is 19.7. The van der Waals surface area contributed by atoms with Crippen LogP contribution in [0.3, 0.4) is 0 Å². The Morgan fingerprint density at radius 1 is 0.500 bits per heavy atom. The summed E-state index contributed by atoms with van der Waals surface area (Å²) in [6, 6.07) is 5.71. The maximum Gasteiger partial charge on any atom is 0.331 e. The largest absolute Gasteiger partial charge is 0.370 e. The molecular formula is C40H64N8O2S2. The molecule has 12 heteroatoms. The molecule has 0 fully saturated rings. The van der Waals surface area contributed by atoms with Gasteiger partial charge in [0.05, 0.1) is 0 Å². The third-order valence-corrected chi connectivity index (χ3v) is 11.5. The normalized spacial score (nSPS) is 18.2. The zero-order valence-corrected chi connectivity index (χ0v) is 33.9. The van der Waals surface area contributed by atoms with Crippen LogP contribution in [-0.4, -0.2) is 53.7 Å². The van der Waals surface area contributed by atoms with Gasteiger partial charge in [-0.3, -0.25) is 13.9 Å². The van der Waals surface area contributed by atoms with E-state index in [-0.39, 0.29) is 11.2 Å². The van der Waals surface area contributed by atoms with Crippen molar-refractivity contribution in [1.82, 2.24) is 29.1 Å². The number of nitrogens with zero attached hydrogens (tertiary/aromatic N) is 6. The van der Waals surface area contributed by atoms with Gasteiger partial charge in [0, 0.05) is 73.0 Å². The first-order chi connectivity index (χ1) is 25.4. The third kappa shape index (κ3) is 16.0. The Bertz CT molecular complexity index is 1590. The van der Waals surface area contributed by atoms with Crippen molar-refractivity contribution in [2.45, 2.75) is 166 Å². The Morgan fingerprint density at radius 2 is 0.904 bits per heavy atom. The molecule has 0 unspecified atom stereocenters. The number of aryl methyl sites for hydroxylation is 3. The first-order valence-electron chi connectivity index (χ1n) is 20.1. The van der Waals surface area contributed by atoms with Crippen molar-refractivity contribution in [2.24, 2.45) is 0 Å². The SMILES string of the molecule is Cc1cc2nc(n1)SCCCCCCCCCCn1c(C)cc(=O)n(c1=O)CCCCCCCCCCSc1nc(C)cc(n1)NCCCCCN2. The van der Waals surface area contributed by atoms with Crippen LogP contribution in [0.15, 0.2) is 38.1 Å². The molecule has 1 aliphatic heterocycles. The predicted octanol–water partition coefficient (Wildman–Crippen LogP) is 9.35. The van der Waals surface area contributed by atoms with E-state index < -0.39 is 0 Å². The number of nitrogens with one attached hydrogen (secondary N) is 2. The van der Waals surface area contributed by atoms with Crippen molar-refractivity contribution in [3.8, 4) is 0 Å². The number of aromatic nitrogens is 6. The topological polar surface area (TPSA) is 120 Å². The van der Waals surface area contributed by atoms with Crippen LogP contribution in [0.5, 0.6) is 0 Å². The zero-order valence-electron chi connectivity index (χ0n) is 32.2. The number of rotatable bonds is 0. The lowest BCUT2D eigenvalue weighted by molar-refractivity contribution is 0.480. The van der Waals surface area contributed by atoms with Gasteiger partial charge in [0.2, 0.25) is 0 Å². The Morgan fingerprint density at radius 3 is 1.38 bits per heavy atom. The Balaban J connectivity index is 1.25. The lowest BCUT2D eigenvalue weighted by Crippen LogP contribution is -2.40. The average molecular weight is 753 g/mol. The molecule has 0 amide bonds. The second kappa shape index (κ2) is 24.5. The summed E-state index contributed by atoms with van der Waals surface area (Å²) in [4.78, 5) is 44.7. The minimum atomic E-state index is -0.160. The van der Waals surface area contributed by atoms with E-state index in [1.807, 2.05) is 37.5 Å². The Labute approximate surface area is 320 Å². The molecule has 10 nitrogen and oxygen atoms in total. The molecule has 0 radical (unpaired) electrons. The van der Waals surface area contributed by atoms with E-state index >= 15 is 0 Å². The highest BCUT2D eigenvalue weighted by Gasteiger charge is 2.10. The molecule has 4 heterocycles. The maximum absolute atomic E-state index is 13.2. The van der Waals surface area contributed by atoms with Crippen molar-refractivity contribution in [3.63, 3.8) is 0 Å². The van der Waals surface area contributed by atoms with Crippen molar-refractivity contribution in [2.75, 3.05) is 35.2 Å². The van der Waals surface area contributed by atoms with E-state index in [2.05, 4.69) is 20.6 Å². The second-order valence-corrected chi connectivity index (χ2v) is 16.5. The van der Waals surface area contributed by atoms with Crippen LogP contribution in [0.4, 0.5) is 11.6 Å². The van der Waals surface area contributed by atoms with Gasteiger partial charge < -0.3 is 10.6 Å². The van der Waals surface area contributed by atoms with E-state index in [1.165, 1.54) is 68.8 Å². The van der Waals surface area contributed by atoms with Crippen LogP contribution in [0.25, 0.3) is 0 Å². The quantitative estimate of drug-likeness (QED) is 0.215. The van der Waals surface area contributed by atoms with E-state index in [9.17, 15) is 9.59 Å². The average Bonchev–Trinajstić information content (AvgIpc) is 3.10.